The number of carbonyl (C=O) groups is 2. The number of para-hydroxylation sites is 1. The number of nitrogens with one attached hydrogen (secondary N) is 1. The van der Waals surface area contributed by atoms with Crippen LogP contribution < -0.4 is 15.8 Å². The number of nitrogens with two attached hydrogens (primary N) is 1. The van der Waals surface area contributed by atoms with Gasteiger partial charge in [-0.25, -0.2) is 0 Å². The average molecular weight is 417 g/mol. The van der Waals surface area contributed by atoms with E-state index < -0.39 is 6.61 Å². The molecule has 3 rings (SSSR count). The fourth-order valence-corrected chi connectivity index (χ4v) is 3.64. The van der Waals surface area contributed by atoms with Crippen molar-refractivity contribution in [2.45, 2.75) is 44.9 Å². The van der Waals surface area contributed by atoms with E-state index in [1.807, 2.05) is 29.2 Å². The van der Waals surface area contributed by atoms with Crippen molar-refractivity contribution in [2.75, 3.05) is 11.9 Å². The molecule has 1 heterocycles. The molecule has 2 aromatic carbocycles. The molecule has 2 amide bonds. The van der Waals surface area contributed by atoms with E-state index in [1.165, 1.54) is 12.1 Å². The van der Waals surface area contributed by atoms with Crippen molar-refractivity contribution < 1.29 is 23.1 Å². The highest BCUT2D eigenvalue weighted by atomic mass is 19.3. The zero-order valence-corrected chi connectivity index (χ0v) is 16.5. The quantitative estimate of drug-likeness (QED) is 0.656. The molecule has 3 N–H and O–H groups in total. The summed E-state index contributed by atoms with van der Waals surface area (Å²) < 4.78 is 28.7. The molecule has 0 aliphatic carbocycles. The number of carbonyl (C=O) groups excluding carboxylic acids is 2. The maximum absolute atomic E-state index is 12.4. The summed E-state index contributed by atoms with van der Waals surface area (Å²) in [5, 5.41) is 2.93. The van der Waals surface area contributed by atoms with Crippen LogP contribution in [0, 0.1) is 0 Å². The first kappa shape index (κ1) is 21.7. The summed E-state index contributed by atoms with van der Waals surface area (Å²) in [7, 11) is 0. The number of primary amides is 1. The highest BCUT2D eigenvalue weighted by Gasteiger charge is 2.29. The fourth-order valence-electron chi connectivity index (χ4n) is 3.64. The standard InChI is InChI=1S/C22H25F2N3O3/c23-22(24)30-17-10-7-15(8-11-17)9-12-20(28)26-18-5-2-1-4-16(18)14-27-13-3-6-19(27)21(25)29/h1-2,4-5,7-8,10-11,19,22H,3,6,9,12-14H2,(H2,25,29)(H,26,28). The Hall–Kier alpha value is -3.00. The van der Waals surface area contributed by atoms with Crippen LogP contribution in [-0.4, -0.2) is 35.9 Å². The minimum absolute atomic E-state index is 0.0864. The monoisotopic (exact) mass is 417 g/mol. The summed E-state index contributed by atoms with van der Waals surface area (Å²) in [4.78, 5) is 26.1. The summed E-state index contributed by atoms with van der Waals surface area (Å²) >= 11 is 0. The van der Waals surface area contributed by atoms with Crippen molar-refractivity contribution in [1.29, 1.82) is 0 Å². The summed E-state index contributed by atoms with van der Waals surface area (Å²) in [6.45, 7) is -1.53. The van der Waals surface area contributed by atoms with Crippen molar-refractivity contribution in [3.8, 4) is 5.75 Å². The first-order valence-corrected chi connectivity index (χ1v) is 9.87. The smallest absolute Gasteiger partial charge is 0.387 e. The van der Waals surface area contributed by atoms with Crippen LogP contribution >= 0.6 is 0 Å². The Morgan fingerprint density at radius 1 is 1.17 bits per heavy atom. The van der Waals surface area contributed by atoms with Gasteiger partial charge in [-0.1, -0.05) is 30.3 Å². The van der Waals surface area contributed by atoms with Gasteiger partial charge in [0.2, 0.25) is 11.8 Å². The first-order valence-electron chi connectivity index (χ1n) is 9.87. The van der Waals surface area contributed by atoms with E-state index in [2.05, 4.69) is 10.1 Å². The molecule has 30 heavy (non-hydrogen) atoms. The molecule has 2 aromatic rings. The number of benzene rings is 2. The topological polar surface area (TPSA) is 84.7 Å². The Bertz CT molecular complexity index is 874. The number of hydrogen-bond acceptors (Lipinski definition) is 4. The molecule has 1 fully saturated rings. The van der Waals surface area contributed by atoms with Crippen LogP contribution in [0.15, 0.2) is 48.5 Å². The second-order valence-electron chi connectivity index (χ2n) is 7.26. The molecular formula is C22H25F2N3O3. The van der Waals surface area contributed by atoms with Crippen LogP contribution in [-0.2, 0) is 22.6 Å². The summed E-state index contributed by atoms with van der Waals surface area (Å²) in [6, 6.07) is 13.5. The van der Waals surface area contributed by atoms with Crippen LogP contribution in [0.25, 0.3) is 0 Å². The van der Waals surface area contributed by atoms with Crippen LogP contribution in [0.5, 0.6) is 5.75 Å². The van der Waals surface area contributed by atoms with Crippen LogP contribution in [0.4, 0.5) is 14.5 Å². The van der Waals surface area contributed by atoms with Crippen LogP contribution in [0.2, 0.25) is 0 Å². The van der Waals surface area contributed by atoms with Gasteiger partial charge >= 0.3 is 6.61 Å². The van der Waals surface area contributed by atoms with Crippen LogP contribution in [0.3, 0.4) is 0 Å². The maximum Gasteiger partial charge on any atom is 0.387 e. The summed E-state index contributed by atoms with van der Waals surface area (Å²) in [6.07, 6.45) is 2.39. The number of rotatable bonds is 9. The molecular weight excluding hydrogens is 392 g/mol. The van der Waals surface area contributed by atoms with Gasteiger partial charge in [0.1, 0.15) is 5.75 Å². The molecule has 0 saturated carbocycles. The largest absolute Gasteiger partial charge is 0.435 e. The summed E-state index contributed by atoms with van der Waals surface area (Å²) in [5.41, 5.74) is 7.97. The van der Waals surface area contributed by atoms with Gasteiger partial charge < -0.3 is 15.8 Å². The number of hydrogen-bond donors (Lipinski definition) is 2. The average Bonchev–Trinajstić information content (AvgIpc) is 3.17. The molecule has 6 nitrogen and oxygen atoms in total. The van der Waals surface area contributed by atoms with Gasteiger partial charge in [-0.2, -0.15) is 8.78 Å². The Morgan fingerprint density at radius 2 is 1.90 bits per heavy atom. The molecule has 0 bridgehead atoms. The molecule has 160 valence electrons. The minimum atomic E-state index is -2.86. The Morgan fingerprint density at radius 3 is 2.60 bits per heavy atom. The van der Waals surface area contributed by atoms with Crippen molar-refractivity contribution in [3.63, 3.8) is 0 Å². The number of halogens is 2. The lowest BCUT2D eigenvalue weighted by Crippen LogP contribution is -2.39. The van der Waals surface area contributed by atoms with E-state index in [4.69, 9.17) is 5.73 Å². The predicted octanol–water partition coefficient (Wildman–Crippen LogP) is 3.31. The Labute approximate surface area is 174 Å². The molecule has 1 unspecified atom stereocenters. The molecule has 0 radical (unpaired) electrons. The molecule has 1 saturated heterocycles. The number of anilines is 1. The normalized spacial score (nSPS) is 16.6. The fraction of sp³-hybridized carbons (Fsp3) is 0.364. The predicted molar refractivity (Wildman–Crippen MR) is 109 cm³/mol. The zero-order valence-electron chi connectivity index (χ0n) is 16.5. The number of alkyl halides is 2. The third-order valence-corrected chi connectivity index (χ3v) is 5.15. The number of likely N-dealkylation sites (tertiary alicyclic amines) is 1. The minimum Gasteiger partial charge on any atom is -0.435 e. The lowest BCUT2D eigenvalue weighted by molar-refractivity contribution is -0.122. The van der Waals surface area contributed by atoms with Crippen LogP contribution in [0.1, 0.15) is 30.4 Å². The van der Waals surface area contributed by atoms with Crippen molar-refractivity contribution in [1.82, 2.24) is 4.90 Å². The molecule has 0 aromatic heterocycles. The number of amides is 2. The Balaban J connectivity index is 1.56. The van der Waals surface area contributed by atoms with Crippen molar-refractivity contribution in [2.24, 2.45) is 5.73 Å². The molecule has 0 spiro atoms. The number of ether oxygens (including phenoxy) is 1. The van der Waals surface area contributed by atoms with Gasteiger partial charge in [0.25, 0.3) is 0 Å². The van der Waals surface area contributed by atoms with Gasteiger partial charge in [0, 0.05) is 18.7 Å². The highest BCUT2D eigenvalue weighted by Crippen LogP contribution is 2.24. The summed E-state index contributed by atoms with van der Waals surface area (Å²) in [5.74, 6) is -0.384. The van der Waals surface area contributed by atoms with E-state index >= 15 is 0 Å². The maximum atomic E-state index is 12.4. The molecule has 1 aliphatic heterocycles. The Kier molecular flexibility index (Phi) is 7.35. The second-order valence-corrected chi connectivity index (χ2v) is 7.26. The van der Waals surface area contributed by atoms with E-state index in [9.17, 15) is 18.4 Å². The van der Waals surface area contributed by atoms with Crippen molar-refractivity contribution in [3.05, 3.63) is 59.7 Å². The number of aryl methyl sites for hydroxylation is 1. The highest BCUT2D eigenvalue weighted by molar-refractivity contribution is 5.91. The lowest BCUT2D eigenvalue weighted by Gasteiger charge is -2.23. The molecule has 1 atom stereocenters. The van der Waals surface area contributed by atoms with Gasteiger partial charge in [-0.15, -0.1) is 0 Å². The van der Waals surface area contributed by atoms with Crippen molar-refractivity contribution >= 4 is 17.5 Å². The zero-order chi connectivity index (χ0) is 21.5. The van der Waals surface area contributed by atoms with E-state index in [1.54, 1.807) is 12.1 Å². The van der Waals surface area contributed by atoms with Gasteiger partial charge in [-0.05, 0) is 55.1 Å². The second kappa shape index (κ2) is 10.2. The number of nitrogens with zero attached hydrogens (tertiary/aromatic N) is 1. The molecule has 8 heteroatoms. The first-order chi connectivity index (χ1) is 14.4. The molecule has 1 aliphatic rings. The SMILES string of the molecule is NC(=O)C1CCCN1Cc1ccccc1NC(=O)CCc1ccc(OC(F)F)cc1. The lowest BCUT2D eigenvalue weighted by atomic mass is 10.1. The van der Waals surface area contributed by atoms with E-state index in [0.29, 0.717) is 18.7 Å². The third-order valence-electron chi connectivity index (χ3n) is 5.15. The van der Waals surface area contributed by atoms with E-state index in [0.717, 1.165) is 30.5 Å². The van der Waals surface area contributed by atoms with E-state index in [-0.39, 0.29) is 30.0 Å². The third kappa shape index (κ3) is 6.00. The van der Waals surface area contributed by atoms with Gasteiger partial charge in [0.15, 0.2) is 0 Å². The van der Waals surface area contributed by atoms with Gasteiger partial charge in [-0.3, -0.25) is 14.5 Å². The van der Waals surface area contributed by atoms with Gasteiger partial charge in [0.05, 0.1) is 6.04 Å².